The molecule has 1 aliphatic heterocycles. The zero-order valence-corrected chi connectivity index (χ0v) is 19.9. The molecule has 2 aromatic rings. The van der Waals surface area contributed by atoms with Crippen LogP contribution in [0.15, 0.2) is 28.7 Å². The SMILES string of the molecule is CCCS(=O)(=O)NC1CCN(Cn2nc(-c3ccc(C(C)(C)C)cc3)oc2=S)CC1. The van der Waals surface area contributed by atoms with Gasteiger partial charge in [0.25, 0.3) is 4.84 Å². The van der Waals surface area contributed by atoms with Crippen LogP contribution >= 0.6 is 12.2 Å². The van der Waals surface area contributed by atoms with Crippen LogP contribution in [0.5, 0.6) is 0 Å². The van der Waals surface area contributed by atoms with Crippen molar-refractivity contribution in [2.45, 2.75) is 65.1 Å². The number of piperidine rings is 1. The highest BCUT2D eigenvalue weighted by Gasteiger charge is 2.24. The van der Waals surface area contributed by atoms with Gasteiger partial charge in [0.1, 0.15) is 0 Å². The average molecular weight is 453 g/mol. The van der Waals surface area contributed by atoms with Gasteiger partial charge < -0.3 is 4.42 Å². The van der Waals surface area contributed by atoms with Crippen molar-refractivity contribution in [1.29, 1.82) is 0 Å². The van der Waals surface area contributed by atoms with E-state index in [9.17, 15) is 8.42 Å². The lowest BCUT2D eigenvalue weighted by Gasteiger charge is -2.31. The molecule has 1 aliphatic rings. The van der Waals surface area contributed by atoms with Gasteiger partial charge in [0.05, 0.1) is 12.4 Å². The Balaban J connectivity index is 1.60. The third-order valence-electron chi connectivity index (χ3n) is 5.34. The fourth-order valence-electron chi connectivity index (χ4n) is 3.59. The van der Waals surface area contributed by atoms with Gasteiger partial charge in [0.15, 0.2) is 0 Å². The second kappa shape index (κ2) is 9.30. The summed E-state index contributed by atoms with van der Waals surface area (Å²) in [6, 6.07) is 8.22. The van der Waals surface area contributed by atoms with Crippen molar-refractivity contribution in [3.63, 3.8) is 0 Å². The Kier molecular flexibility index (Phi) is 7.16. The predicted octanol–water partition coefficient (Wildman–Crippen LogP) is 3.92. The van der Waals surface area contributed by atoms with Crippen LogP contribution in [-0.2, 0) is 22.1 Å². The zero-order valence-electron chi connectivity index (χ0n) is 18.2. The summed E-state index contributed by atoms with van der Waals surface area (Å²) < 4.78 is 34.2. The molecule has 0 aliphatic carbocycles. The van der Waals surface area contributed by atoms with E-state index in [0.29, 0.717) is 23.8 Å². The molecule has 0 bridgehead atoms. The molecule has 0 saturated carbocycles. The number of aromatic nitrogens is 2. The smallest absolute Gasteiger partial charge is 0.288 e. The molecule has 1 aromatic carbocycles. The fraction of sp³-hybridized carbons (Fsp3) is 0.619. The third-order valence-corrected chi connectivity index (χ3v) is 7.28. The first-order chi connectivity index (χ1) is 14.1. The van der Waals surface area contributed by atoms with Crippen molar-refractivity contribution in [3.8, 4) is 11.5 Å². The molecule has 0 spiro atoms. The fourth-order valence-corrected chi connectivity index (χ4v) is 5.16. The largest absolute Gasteiger partial charge is 0.409 e. The van der Waals surface area contributed by atoms with E-state index in [4.69, 9.17) is 16.6 Å². The number of rotatable bonds is 7. The van der Waals surface area contributed by atoms with E-state index in [-0.39, 0.29) is 17.2 Å². The molecule has 30 heavy (non-hydrogen) atoms. The summed E-state index contributed by atoms with van der Waals surface area (Å²) in [5.74, 6) is 0.698. The minimum Gasteiger partial charge on any atom is -0.409 e. The summed E-state index contributed by atoms with van der Waals surface area (Å²) >= 11 is 5.37. The second-order valence-electron chi connectivity index (χ2n) is 8.97. The molecule has 0 unspecified atom stereocenters. The van der Waals surface area contributed by atoms with E-state index >= 15 is 0 Å². The maximum Gasteiger partial charge on any atom is 0.288 e. The summed E-state index contributed by atoms with van der Waals surface area (Å²) in [7, 11) is -3.17. The minimum absolute atomic E-state index is 0.0000252. The van der Waals surface area contributed by atoms with Crippen molar-refractivity contribution >= 4 is 22.2 Å². The molecular weight excluding hydrogens is 420 g/mol. The molecule has 3 rings (SSSR count). The first-order valence-electron chi connectivity index (χ1n) is 10.5. The molecule has 9 heteroatoms. The van der Waals surface area contributed by atoms with E-state index in [2.05, 4.69) is 47.6 Å². The van der Waals surface area contributed by atoms with Gasteiger partial charge in [-0.3, -0.25) is 4.90 Å². The Morgan fingerprint density at radius 1 is 1.20 bits per heavy atom. The molecule has 1 saturated heterocycles. The van der Waals surface area contributed by atoms with Crippen molar-refractivity contribution in [3.05, 3.63) is 34.7 Å². The van der Waals surface area contributed by atoms with Crippen LogP contribution in [0.4, 0.5) is 0 Å². The lowest BCUT2D eigenvalue weighted by Crippen LogP contribution is -2.45. The van der Waals surface area contributed by atoms with E-state index in [1.807, 2.05) is 19.1 Å². The predicted molar refractivity (Wildman–Crippen MR) is 121 cm³/mol. The summed E-state index contributed by atoms with van der Waals surface area (Å²) in [5.41, 5.74) is 2.24. The van der Waals surface area contributed by atoms with E-state index in [1.54, 1.807) is 4.68 Å². The maximum atomic E-state index is 12.0. The van der Waals surface area contributed by atoms with Gasteiger partial charge in [-0.15, -0.1) is 5.10 Å². The van der Waals surface area contributed by atoms with Crippen LogP contribution in [-0.4, -0.2) is 48.0 Å². The van der Waals surface area contributed by atoms with Gasteiger partial charge in [0, 0.05) is 24.7 Å². The molecule has 166 valence electrons. The van der Waals surface area contributed by atoms with Crippen LogP contribution in [0.3, 0.4) is 0 Å². The number of likely N-dealkylation sites (tertiary alicyclic amines) is 1. The molecule has 0 amide bonds. The summed E-state index contributed by atoms with van der Waals surface area (Å²) in [6.45, 7) is 10.5. The van der Waals surface area contributed by atoms with Gasteiger partial charge in [-0.05, 0) is 54.6 Å². The Morgan fingerprint density at radius 2 is 1.83 bits per heavy atom. The molecule has 1 aromatic heterocycles. The Labute approximate surface area is 184 Å². The molecule has 0 radical (unpaired) electrons. The average Bonchev–Trinajstić information content (AvgIpc) is 3.03. The molecule has 1 N–H and O–H groups in total. The maximum absolute atomic E-state index is 12.0. The topological polar surface area (TPSA) is 80.4 Å². The monoisotopic (exact) mass is 452 g/mol. The molecule has 0 atom stereocenters. The van der Waals surface area contributed by atoms with Crippen LogP contribution < -0.4 is 4.72 Å². The zero-order chi connectivity index (χ0) is 21.9. The number of nitrogens with zero attached hydrogens (tertiary/aromatic N) is 3. The van der Waals surface area contributed by atoms with Crippen molar-refractivity contribution in [2.24, 2.45) is 0 Å². The second-order valence-corrected chi connectivity index (χ2v) is 11.2. The first-order valence-corrected chi connectivity index (χ1v) is 12.5. The number of hydrogen-bond donors (Lipinski definition) is 1. The highest BCUT2D eigenvalue weighted by molar-refractivity contribution is 7.89. The number of sulfonamides is 1. The third kappa shape index (κ3) is 6.00. The minimum atomic E-state index is -3.17. The van der Waals surface area contributed by atoms with Gasteiger partial charge in [-0.2, -0.15) is 0 Å². The quantitative estimate of drug-likeness (QED) is 0.642. The normalized spacial score (nSPS) is 16.8. The number of hydrogen-bond acceptors (Lipinski definition) is 6. The lowest BCUT2D eigenvalue weighted by atomic mass is 9.87. The van der Waals surface area contributed by atoms with Crippen LogP contribution in [0, 0.1) is 4.84 Å². The summed E-state index contributed by atoms with van der Waals surface area (Å²) in [4.78, 5) is 2.56. The summed E-state index contributed by atoms with van der Waals surface area (Å²) in [5, 5.41) is 4.56. The van der Waals surface area contributed by atoms with E-state index < -0.39 is 10.0 Å². The van der Waals surface area contributed by atoms with Gasteiger partial charge in [0.2, 0.25) is 15.9 Å². The molecule has 2 heterocycles. The Bertz CT molecular complexity index is 996. The highest BCUT2D eigenvalue weighted by atomic mass is 32.2. The summed E-state index contributed by atoms with van der Waals surface area (Å²) in [6.07, 6.45) is 2.17. The Hall–Kier alpha value is -1.55. The first kappa shape index (κ1) is 23.1. The highest BCUT2D eigenvalue weighted by Crippen LogP contribution is 2.25. The van der Waals surface area contributed by atoms with Crippen LogP contribution in [0.2, 0.25) is 0 Å². The van der Waals surface area contributed by atoms with Crippen LogP contribution in [0.1, 0.15) is 52.5 Å². The number of nitrogens with one attached hydrogen (secondary N) is 1. The van der Waals surface area contributed by atoms with Gasteiger partial charge in [-0.25, -0.2) is 17.8 Å². The van der Waals surface area contributed by atoms with E-state index in [1.165, 1.54) is 5.56 Å². The molecule has 1 fully saturated rings. The molecule has 7 nitrogen and oxygen atoms in total. The lowest BCUT2D eigenvalue weighted by molar-refractivity contribution is 0.156. The van der Waals surface area contributed by atoms with Crippen molar-refractivity contribution in [1.82, 2.24) is 19.4 Å². The standard InChI is InChI=1S/C21H32N4O3S2/c1-5-14-30(26,27)23-18-10-12-24(13-11-18)15-25-20(29)28-19(22-25)16-6-8-17(9-7-16)21(2,3)4/h6-9,18,23H,5,10-15H2,1-4H3. The van der Waals surface area contributed by atoms with E-state index in [0.717, 1.165) is 31.5 Å². The number of benzene rings is 1. The van der Waals surface area contributed by atoms with Crippen LogP contribution in [0.25, 0.3) is 11.5 Å². The Morgan fingerprint density at radius 3 is 2.40 bits per heavy atom. The van der Waals surface area contributed by atoms with Gasteiger partial charge >= 0.3 is 0 Å². The van der Waals surface area contributed by atoms with Gasteiger partial charge in [-0.1, -0.05) is 39.8 Å². The molecular formula is C21H32N4O3S2. The van der Waals surface area contributed by atoms with Crippen molar-refractivity contribution < 1.29 is 12.8 Å². The van der Waals surface area contributed by atoms with Crippen molar-refractivity contribution in [2.75, 3.05) is 18.8 Å².